The van der Waals surface area contributed by atoms with Gasteiger partial charge < -0.3 is 24.5 Å². The molecule has 0 saturated heterocycles. The number of carbonyl (C=O) groups is 1. The maximum absolute atomic E-state index is 12.7. The minimum absolute atomic E-state index is 0.0229. The first-order chi connectivity index (χ1) is 16.9. The van der Waals surface area contributed by atoms with Gasteiger partial charge in [-0.2, -0.15) is 0 Å². The Hall–Kier alpha value is -1.47. The standard InChI is InChI=1S/C25H28Cl4N2O4/c26-17-10-6-12-19(20(17)27)34-18-11-5-4-9-15(18)16-13-33-22-21(16)35-23(28)25(22,29)31-24(32)30-14-7-2-1-3-8-14/h6,10,12-15,18,23H,1-5,7-9,11H2,(H2,30,31,32)/t15?,18-,23?,25+/m0/s1. The van der Waals surface area contributed by atoms with Gasteiger partial charge in [0.15, 0.2) is 11.5 Å². The maximum Gasteiger partial charge on any atom is 0.316 e. The molecule has 1 aromatic carbocycles. The van der Waals surface area contributed by atoms with Gasteiger partial charge in [0.1, 0.15) is 16.9 Å². The lowest BCUT2D eigenvalue weighted by molar-refractivity contribution is 0.127. The summed E-state index contributed by atoms with van der Waals surface area (Å²) < 4.78 is 18.2. The van der Waals surface area contributed by atoms with Crippen molar-refractivity contribution < 1.29 is 18.7 Å². The summed E-state index contributed by atoms with van der Waals surface area (Å²) in [6, 6.07) is 5.09. The molecule has 5 rings (SSSR count). The van der Waals surface area contributed by atoms with Crippen LogP contribution in [0.1, 0.15) is 75.0 Å². The van der Waals surface area contributed by atoms with Crippen LogP contribution in [0.3, 0.4) is 0 Å². The Morgan fingerprint density at radius 3 is 2.60 bits per heavy atom. The molecule has 2 saturated carbocycles. The van der Waals surface area contributed by atoms with Crippen LogP contribution in [0.15, 0.2) is 28.9 Å². The summed E-state index contributed by atoms with van der Waals surface area (Å²) in [5, 5.41) is 6.63. The van der Waals surface area contributed by atoms with Gasteiger partial charge in [0.05, 0.1) is 11.3 Å². The molecule has 1 aliphatic heterocycles. The van der Waals surface area contributed by atoms with Crippen molar-refractivity contribution in [3.8, 4) is 11.5 Å². The zero-order valence-corrected chi connectivity index (χ0v) is 22.2. The Morgan fingerprint density at radius 2 is 1.80 bits per heavy atom. The van der Waals surface area contributed by atoms with Crippen LogP contribution in [0.25, 0.3) is 0 Å². The average Bonchev–Trinajstić information content (AvgIpc) is 3.36. The van der Waals surface area contributed by atoms with Gasteiger partial charge in [0, 0.05) is 17.5 Å². The van der Waals surface area contributed by atoms with E-state index in [9.17, 15) is 4.79 Å². The van der Waals surface area contributed by atoms with Crippen LogP contribution in [0.2, 0.25) is 10.0 Å². The van der Waals surface area contributed by atoms with E-state index in [0.29, 0.717) is 27.3 Å². The van der Waals surface area contributed by atoms with E-state index in [1.807, 2.05) is 12.1 Å². The summed E-state index contributed by atoms with van der Waals surface area (Å²) in [5.41, 5.74) is -0.203. The van der Waals surface area contributed by atoms with Crippen LogP contribution in [-0.4, -0.2) is 23.7 Å². The SMILES string of the molecule is O=C(NC1CCCCC1)N[C@]1(Cl)c2occ(C3CCCC[C@@H]3Oc3cccc(Cl)c3Cl)c2OC1Cl. The van der Waals surface area contributed by atoms with Gasteiger partial charge in [-0.1, -0.05) is 78.2 Å². The molecular weight excluding hydrogens is 534 g/mol. The molecule has 0 spiro atoms. The molecule has 2 heterocycles. The first kappa shape index (κ1) is 25.2. The van der Waals surface area contributed by atoms with Crippen LogP contribution in [0.4, 0.5) is 4.79 Å². The molecule has 1 aromatic heterocycles. The van der Waals surface area contributed by atoms with Crippen molar-refractivity contribution in [2.24, 2.45) is 0 Å². The normalized spacial score (nSPS) is 28.7. The van der Waals surface area contributed by atoms with Gasteiger partial charge in [0.2, 0.25) is 10.6 Å². The van der Waals surface area contributed by atoms with E-state index in [4.69, 9.17) is 60.3 Å². The minimum atomic E-state index is -1.52. The van der Waals surface area contributed by atoms with Gasteiger partial charge >= 0.3 is 6.03 Å². The summed E-state index contributed by atoms with van der Waals surface area (Å²) in [4.78, 5) is 11.2. The number of amides is 2. The second-order valence-corrected chi connectivity index (χ2v) is 11.3. The van der Waals surface area contributed by atoms with Crippen LogP contribution in [0.5, 0.6) is 11.5 Å². The predicted octanol–water partition coefficient (Wildman–Crippen LogP) is 7.67. The zero-order chi connectivity index (χ0) is 24.6. The van der Waals surface area contributed by atoms with Crippen molar-refractivity contribution in [3.63, 3.8) is 0 Å². The quantitative estimate of drug-likeness (QED) is 0.290. The number of benzene rings is 1. The summed E-state index contributed by atoms with van der Waals surface area (Å²) in [6.45, 7) is 0. The Kier molecular flexibility index (Phi) is 7.55. The Bertz CT molecular complexity index is 1070. The molecule has 2 fully saturated rings. The molecule has 35 heavy (non-hydrogen) atoms. The fourth-order valence-electron chi connectivity index (χ4n) is 5.36. The van der Waals surface area contributed by atoms with E-state index in [1.54, 1.807) is 12.3 Å². The highest BCUT2D eigenvalue weighted by Crippen LogP contribution is 2.52. The second-order valence-electron chi connectivity index (χ2n) is 9.53. The average molecular weight is 562 g/mol. The first-order valence-electron chi connectivity index (χ1n) is 12.2. The first-order valence-corrected chi connectivity index (χ1v) is 13.7. The highest BCUT2D eigenvalue weighted by atomic mass is 35.5. The number of hydrogen-bond donors (Lipinski definition) is 2. The van der Waals surface area contributed by atoms with Crippen molar-refractivity contribution in [1.82, 2.24) is 10.6 Å². The maximum atomic E-state index is 12.7. The number of furan rings is 1. The summed E-state index contributed by atoms with van der Waals surface area (Å²) in [7, 11) is 0. The third kappa shape index (κ3) is 5.04. The van der Waals surface area contributed by atoms with Crippen molar-refractivity contribution >= 4 is 52.4 Å². The lowest BCUT2D eigenvalue weighted by atomic mass is 9.82. The number of urea groups is 1. The van der Waals surface area contributed by atoms with Gasteiger partial charge in [-0.3, -0.25) is 0 Å². The number of hydrogen-bond acceptors (Lipinski definition) is 4. The van der Waals surface area contributed by atoms with E-state index in [0.717, 1.165) is 56.9 Å². The van der Waals surface area contributed by atoms with Crippen molar-refractivity contribution in [2.45, 2.75) is 86.4 Å². The number of rotatable bonds is 5. The molecule has 2 unspecified atom stereocenters. The number of fused-ring (bicyclic) bond motifs is 1. The Labute approximate surface area is 224 Å². The van der Waals surface area contributed by atoms with Crippen LogP contribution in [0, 0.1) is 0 Å². The van der Waals surface area contributed by atoms with Crippen LogP contribution in [-0.2, 0) is 5.00 Å². The molecule has 2 aliphatic carbocycles. The fraction of sp³-hybridized carbons (Fsp3) is 0.560. The molecule has 2 N–H and O–H groups in total. The lowest BCUT2D eigenvalue weighted by Crippen LogP contribution is -2.52. The van der Waals surface area contributed by atoms with Crippen molar-refractivity contribution in [1.29, 1.82) is 0 Å². The number of ether oxygens (including phenoxy) is 2. The molecule has 190 valence electrons. The van der Waals surface area contributed by atoms with Gasteiger partial charge in [-0.05, 0) is 44.2 Å². The second kappa shape index (κ2) is 10.5. The summed E-state index contributed by atoms with van der Waals surface area (Å²) in [6.07, 6.45) is 10.6. The zero-order valence-electron chi connectivity index (χ0n) is 19.1. The third-order valence-electron chi connectivity index (χ3n) is 7.17. The number of nitrogens with one attached hydrogen (secondary N) is 2. The van der Waals surface area contributed by atoms with Crippen LogP contribution >= 0.6 is 46.4 Å². The Morgan fingerprint density at radius 1 is 1.06 bits per heavy atom. The lowest BCUT2D eigenvalue weighted by Gasteiger charge is -2.32. The van der Waals surface area contributed by atoms with E-state index in [1.165, 1.54) is 6.42 Å². The highest BCUT2D eigenvalue weighted by molar-refractivity contribution is 6.42. The molecule has 2 amide bonds. The fourth-order valence-corrected chi connectivity index (χ4v) is 6.20. The molecule has 4 atom stereocenters. The summed E-state index contributed by atoms with van der Waals surface area (Å²) in [5.74, 6) is 1.29. The van der Waals surface area contributed by atoms with Gasteiger partial charge in [-0.15, -0.1) is 0 Å². The molecule has 3 aliphatic rings. The van der Waals surface area contributed by atoms with Crippen LogP contribution < -0.4 is 20.1 Å². The molecule has 2 aromatic rings. The summed E-state index contributed by atoms with van der Waals surface area (Å²) >= 11 is 25.9. The minimum Gasteiger partial charge on any atom is -0.488 e. The van der Waals surface area contributed by atoms with Gasteiger partial charge in [-0.25, -0.2) is 4.79 Å². The van der Waals surface area contributed by atoms with E-state index >= 15 is 0 Å². The van der Waals surface area contributed by atoms with E-state index < -0.39 is 10.6 Å². The molecule has 6 nitrogen and oxygen atoms in total. The largest absolute Gasteiger partial charge is 0.488 e. The highest BCUT2D eigenvalue weighted by Gasteiger charge is 2.54. The molecule has 0 bridgehead atoms. The third-order valence-corrected chi connectivity index (χ3v) is 8.96. The van der Waals surface area contributed by atoms with Crippen molar-refractivity contribution in [3.05, 3.63) is 45.8 Å². The Balaban J connectivity index is 1.35. The topological polar surface area (TPSA) is 72.7 Å². The smallest absolute Gasteiger partial charge is 0.316 e. The van der Waals surface area contributed by atoms with E-state index in [-0.39, 0.29) is 24.1 Å². The number of halogens is 4. The van der Waals surface area contributed by atoms with Crippen molar-refractivity contribution in [2.75, 3.05) is 0 Å². The van der Waals surface area contributed by atoms with E-state index in [2.05, 4.69) is 10.6 Å². The number of alkyl halides is 2. The van der Waals surface area contributed by atoms with Gasteiger partial charge in [0.25, 0.3) is 0 Å². The predicted molar refractivity (Wildman–Crippen MR) is 137 cm³/mol. The molecular formula is C25H28Cl4N2O4. The monoisotopic (exact) mass is 560 g/mol. The molecule has 10 heteroatoms. The number of carbonyl (C=O) groups excluding carboxylic acids is 1. The molecule has 0 radical (unpaired) electrons.